The molecular formula is C17H21BrClNO2. The summed E-state index contributed by atoms with van der Waals surface area (Å²) in [6.07, 6.45) is 4.10. The van der Waals surface area contributed by atoms with Crippen molar-refractivity contribution in [2.24, 2.45) is 5.92 Å². The summed E-state index contributed by atoms with van der Waals surface area (Å²) in [5, 5.41) is 0.688. The van der Waals surface area contributed by atoms with Gasteiger partial charge in [0.05, 0.1) is 10.7 Å². The minimum Gasteiger partial charge on any atom is -0.443 e. The highest BCUT2D eigenvalue weighted by atomic mass is 79.9. The molecule has 1 aliphatic carbocycles. The van der Waals surface area contributed by atoms with Gasteiger partial charge in [-0.2, -0.15) is 0 Å². The number of benzene rings is 1. The van der Waals surface area contributed by atoms with Gasteiger partial charge in [0.25, 0.3) is 0 Å². The Kier molecular flexibility index (Phi) is 4.19. The minimum atomic E-state index is -0.494. The predicted molar refractivity (Wildman–Crippen MR) is 92.7 cm³/mol. The van der Waals surface area contributed by atoms with Crippen molar-refractivity contribution < 1.29 is 9.53 Å². The van der Waals surface area contributed by atoms with E-state index in [1.54, 1.807) is 0 Å². The molecule has 22 heavy (non-hydrogen) atoms. The van der Waals surface area contributed by atoms with Crippen molar-refractivity contribution in [3.05, 3.63) is 27.2 Å². The molecule has 0 radical (unpaired) electrons. The quantitative estimate of drug-likeness (QED) is 0.631. The number of carbonyl (C=O) groups is 1. The summed E-state index contributed by atoms with van der Waals surface area (Å²) in [5.74, 6) is 0.607. The van der Waals surface area contributed by atoms with Crippen LogP contribution in [-0.4, -0.2) is 17.7 Å². The first kappa shape index (κ1) is 16.1. The average molecular weight is 387 g/mol. The van der Waals surface area contributed by atoms with Gasteiger partial charge < -0.3 is 4.74 Å². The zero-order valence-electron chi connectivity index (χ0n) is 13.2. The van der Waals surface area contributed by atoms with Gasteiger partial charge in [-0.1, -0.05) is 11.6 Å². The van der Waals surface area contributed by atoms with Gasteiger partial charge in [-0.05, 0) is 86.0 Å². The predicted octanol–water partition coefficient (Wildman–Crippen LogP) is 5.57. The molecule has 2 aliphatic rings. The lowest BCUT2D eigenvalue weighted by Crippen LogP contribution is -2.47. The Morgan fingerprint density at radius 2 is 2.00 bits per heavy atom. The van der Waals surface area contributed by atoms with Gasteiger partial charge >= 0.3 is 6.09 Å². The van der Waals surface area contributed by atoms with E-state index in [0.717, 1.165) is 28.6 Å². The molecule has 1 saturated carbocycles. The maximum atomic E-state index is 12.8. The number of ether oxygens (including phenoxy) is 1. The van der Waals surface area contributed by atoms with Gasteiger partial charge in [0, 0.05) is 10.5 Å². The standard InChI is InChI=1S/C17H21BrClNO2/c1-17(2,3)22-16(21)20-14(10-4-5-10)7-6-11-8-13(19)12(18)9-15(11)20/h8-10,14H,4-7H2,1-3H3. The van der Waals surface area contributed by atoms with E-state index in [9.17, 15) is 4.79 Å². The number of aryl methyl sites for hydroxylation is 1. The minimum absolute atomic E-state index is 0.246. The van der Waals surface area contributed by atoms with E-state index < -0.39 is 5.60 Å². The molecule has 1 aliphatic heterocycles. The number of rotatable bonds is 1. The maximum Gasteiger partial charge on any atom is 0.415 e. The van der Waals surface area contributed by atoms with Crippen LogP contribution in [0.5, 0.6) is 0 Å². The van der Waals surface area contributed by atoms with Crippen molar-refractivity contribution in [1.29, 1.82) is 0 Å². The zero-order chi connectivity index (χ0) is 16.1. The molecule has 1 unspecified atom stereocenters. The van der Waals surface area contributed by atoms with Crippen LogP contribution >= 0.6 is 27.5 Å². The Balaban J connectivity index is 1.99. The third kappa shape index (κ3) is 3.28. The van der Waals surface area contributed by atoms with Crippen molar-refractivity contribution in [2.45, 2.75) is 58.1 Å². The van der Waals surface area contributed by atoms with Gasteiger partial charge in [-0.25, -0.2) is 4.79 Å². The summed E-state index contributed by atoms with van der Waals surface area (Å²) in [4.78, 5) is 14.6. The number of anilines is 1. The molecule has 0 aromatic heterocycles. The first-order valence-electron chi connectivity index (χ1n) is 7.76. The topological polar surface area (TPSA) is 29.5 Å². The third-order valence-corrected chi connectivity index (χ3v) is 5.38. The molecule has 1 aromatic carbocycles. The van der Waals surface area contributed by atoms with Gasteiger partial charge in [-0.15, -0.1) is 0 Å². The van der Waals surface area contributed by atoms with E-state index in [2.05, 4.69) is 15.9 Å². The van der Waals surface area contributed by atoms with Gasteiger partial charge in [-0.3, -0.25) is 4.90 Å². The Hall–Kier alpha value is -0.740. The summed E-state index contributed by atoms with van der Waals surface area (Å²) < 4.78 is 6.47. The monoisotopic (exact) mass is 385 g/mol. The fraction of sp³-hybridized carbons (Fsp3) is 0.588. The maximum absolute atomic E-state index is 12.8. The number of nitrogens with zero attached hydrogens (tertiary/aromatic N) is 1. The van der Waals surface area contributed by atoms with Crippen LogP contribution in [0.25, 0.3) is 0 Å². The molecule has 1 fully saturated rings. The molecule has 120 valence electrons. The smallest absolute Gasteiger partial charge is 0.415 e. The largest absolute Gasteiger partial charge is 0.443 e. The van der Waals surface area contributed by atoms with Crippen LogP contribution in [0.2, 0.25) is 5.02 Å². The number of halogens is 2. The highest BCUT2D eigenvalue weighted by molar-refractivity contribution is 9.10. The van der Waals surface area contributed by atoms with E-state index in [0.29, 0.717) is 10.9 Å². The van der Waals surface area contributed by atoms with Gasteiger partial charge in [0.1, 0.15) is 5.60 Å². The van der Waals surface area contributed by atoms with E-state index in [-0.39, 0.29) is 12.1 Å². The Bertz CT molecular complexity index is 607. The van der Waals surface area contributed by atoms with Crippen LogP contribution in [0.4, 0.5) is 10.5 Å². The second kappa shape index (κ2) is 5.72. The molecule has 5 heteroatoms. The van der Waals surface area contributed by atoms with Crippen molar-refractivity contribution in [3.63, 3.8) is 0 Å². The fourth-order valence-corrected chi connectivity index (χ4v) is 3.60. The molecule has 3 nitrogen and oxygen atoms in total. The highest BCUT2D eigenvalue weighted by Gasteiger charge is 2.42. The molecule has 1 aromatic rings. The lowest BCUT2D eigenvalue weighted by atomic mass is 9.93. The van der Waals surface area contributed by atoms with E-state index in [1.165, 1.54) is 12.8 Å². The lowest BCUT2D eigenvalue weighted by Gasteiger charge is -2.38. The van der Waals surface area contributed by atoms with Crippen LogP contribution in [0.3, 0.4) is 0 Å². The SMILES string of the molecule is CC(C)(C)OC(=O)N1c2cc(Br)c(Cl)cc2CCC1C1CC1. The van der Waals surface area contributed by atoms with Crippen LogP contribution in [0.15, 0.2) is 16.6 Å². The van der Waals surface area contributed by atoms with Crippen molar-refractivity contribution in [1.82, 2.24) is 0 Å². The molecule has 3 rings (SSSR count). The first-order chi connectivity index (χ1) is 10.3. The van der Waals surface area contributed by atoms with Crippen LogP contribution in [0.1, 0.15) is 45.6 Å². The summed E-state index contributed by atoms with van der Waals surface area (Å²) >= 11 is 9.68. The third-order valence-electron chi connectivity index (χ3n) is 4.18. The Labute approximate surface area is 145 Å². The molecule has 0 N–H and O–H groups in total. The van der Waals surface area contributed by atoms with Crippen LogP contribution < -0.4 is 4.90 Å². The second-order valence-electron chi connectivity index (χ2n) is 7.19. The average Bonchev–Trinajstić information content (AvgIpc) is 3.21. The number of hydrogen-bond donors (Lipinski definition) is 0. The second-order valence-corrected chi connectivity index (χ2v) is 8.45. The fourth-order valence-electron chi connectivity index (χ4n) is 3.09. The Morgan fingerprint density at radius 3 is 2.59 bits per heavy atom. The highest BCUT2D eigenvalue weighted by Crippen LogP contribution is 2.45. The summed E-state index contributed by atoms with van der Waals surface area (Å²) in [6.45, 7) is 5.71. The summed E-state index contributed by atoms with van der Waals surface area (Å²) in [7, 11) is 0. The molecule has 1 amide bonds. The normalized spacial score (nSPS) is 21.5. The number of amides is 1. The van der Waals surface area contributed by atoms with Crippen LogP contribution in [-0.2, 0) is 11.2 Å². The van der Waals surface area contributed by atoms with Crippen LogP contribution in [0, 0.1) is 5.92 Å². The lowest BCUT2D eigenvalue weighted by molar-refractivity contribution is 0.0556. The molecule has 0 saturated heterocycles. The number of carbonyl (C=O) groups excluding carboxylic acids is 1. The molecule has 1 atom stereocenters. The van der Waals surface area contributed by atoms with Crippen molar-refractivity contribution in [2.75, 3.05) is 4.90 Å². The van der Waals surface area contributed by atoms with E-state index >= 15 is 0 Å². The molecule has 0 bridgehead atoms. The first-order valence-corrected chi connectivity index (χ1v) is 8.93. The summed E-state index contributed by atoms with van der Waals surface area (Å²) in [5.41, 5.74) is 1.57. The number of fused-ring (bicyclic) bond motifs is 1. The van der Waals surface area contributed by atoms with E-state index in [1.807, 2.05) is 37.8 Å². The van der Waals surface area contributed by atoms with Crippen molar-refractivity contribution >= 4 is 39.3 Å². The molecule has 0 spiro atoms. The summed E-state index contributed by atoms with van der Waals surface area (Å²) in [6, 6.07) is 4.16. The van der Waals surface area contributed by atoms with E-state index in [4.69, 9.17) is 16.3 Å². The zero-order valence-corrected chi connectivity index (χ0v) is 15.5. The molecular weight excluding hydrogens is 366 g/mol. The van der Waals surface area contributed by atoms with Gasteiger partial charge in [0.2, 0.25) is 0 Å². The molecule has 1 heterocycles. The van der Waals surface area contributed by atoms with Gasteiger partial charge in [0.15, 0.2) is 0 Å². The van der Waals surface area contributed by atoms with Crippen molar-refractivity contribution in [3.8, 4) is 0 Å². The Morgan fingerprint density at radius 1 is 1.32 bits per heavy atom. The number of hydrogen-bond acceptors (Lipinski definition) is 2.